The molecule has 8 heteroatoms. The molecule has 2 saturated heterocycles. The third kappa shape index (κ3) is 5.89. The smallest absolute Gasteiger partial charge is 0.410 e. The van der Waals surface area contributed by atoms with Crippen molar-refractivity contribution in [2.45, 2.75) is 39.2 Å². The molecule has 0 radical (unpaired) electrons. The molecule has 0 aromatic rings. The Labute approximate surface area is 146 Å². The molecule has 2 rings (SSSR count). The lowest BCUT2D eigenvalue weighted by Gasteiger charge is -2.39. The lowest BCUT2D eigenvalue weighted by atomic mass is 9.99. The number of amides is 1. The second kappa shape index (κ2) is 7.58. The quantitative estimate of drug-likeness (QED) is 0.756. The van der Waals surface area contributed by atoms with Crippen molar-refractivity contribution in [1.29, 1.82) is 0 Å². The second-order valence-corrected chi connectivity index (χ2v) is 9.88. The van der Waals surface area contributed by atoms with Gasteiger partial charge in [-0.25, -0.2) is 17.5 Å². The summed E-state index contributed by atoms with van der Waals surface area (Å²) in [4.78, 5) is 16.2. The number of nitrogens with zero attached hydrogens (tertiary/aromatic N) is 3. The van der Waals surface area contributed by atoms with E-state index in [9.17, 15) is 13.2 Å². The zero-order valence-electron chi connectivity index (χ0n) is 15.3. The van der Waals surface area contributed by atoms with Crippen LogP contribution >= 0.6 is 0 Å². The topological polar surface area (TPSA) is 70.2 Å². The third-order valence-electron chi connectivity index (χ3n) is 4.49. The first-order valence-electron chi connectivity index (χ1n) is 8.70. The van der Waals surface area contributed by atoms with Gasteiger partial charge in [0, 0.05) is 45.8 Å². The fraction of sp³-hybridized carbons (Fsp3) is 0.938. The standard InChI is InChI=1S/C16H31N3O4S/c1-16(2,3)23-15(20)18-10-8-17(9-11-18)12-14-6-5-7-19(13-14)24(4,21)22/h14H,5-13H2,1-4H3/t14-/m0/s1. The second-order valence-electron chi connectivity index (χ2n) is 7.90. The molecule has 0 saturated carbocycles. The van der Waals surface area contributed by atoms with Crippen LogP contribution in [0.15, 0.2) is 0 Å². The van der Waals surface area contributed by atoms with Crippen LogP contribution in [0.2, 0.25) is 0 Å². The maximum Gasteiger partial charge on any atom is 0.410 e. The van der Waals surface area contributed by atoms with Gasteiger partial charge in [-0.3, -0.25) is 4.90 Å². The van der Waals surface area contributed by atoms with E-state index in [0.29, 0.717) is 32.1 Å². The fourth-order valence-electron chi connectivity index (χ4n) is 3.28. The zero-order valence-corrected chi connectivity index (χ0v) is 16.1. The van der Waals surface area contributed by atoms with Crippen molar-refractivity contribution in [3.8, 4) is 0 Å². The molecule has 2 heterocycles. The van der Waals surface area contributed by atoms with E-state index in [1.54, 1.807) is 9.21 Å². The van der Waals surface area contributed by atoms with Crippen LogP contribution < -0.4 is 0 Å². The van der Waals surface area contributed by atoms with E-state index in [1.807, 2.05) is 20.8 Å². The van der Waals surface area contributed by atoms with Gasteiger partial charge in [0.1, 0.15) is 5.60 Å². The average Bonchev–Trinajstić information content (AvgIpc) is 2.45. The van der Waals surface area contributed by atoms with Crippen molar-refractivity contribution in [3.63, 3.8) is 0 Å². The van der Waals surface area contributed by atoms with Crippen molar-refractivity contribution in [2.24, 2.45) is 5.92 Å². The summed E-state index contributed by atoms with van der Waals surface area (Å²) in [5, 5.41) is 0. The summed E-state index contributed by atoms with van der Waals surface area (Å²) < 4.78 is 30.4. The van der Waals surface area contributed by atoms with Gasteiger partial charge in [0.25, 0.3) is 0 Å². The van der Waals surface area contributed by atoms with E-state index < -0.39 is 15.6 Å². The largest absolute Gasteiger partial charge is 0.444 e. The Kier molecular flexibility index (Phi) is 6.14. The first-order chi connectivity index (χ1) is 11.0. The number of piperidine rings is 1. The van der Waals surface area contributed by atoms with Gasteiger partial charge < -0.3 is 9.64 Å². The number of ether oxygens (including phenoxy) is 1. The number of hydrogen-bond donors (Lipinski definition) is 0. The highest BCUT2D eigenvalue weighted by Crippen LogP contribution is 2.20. The molecular formula is C16H31N3O4S. The number of hydrogen-bond acceptors (Lipinski definition) is 5. The number of piperazine rings is 1. The first kappa shape index (κ1) is 19.5. The van der Waals surface area contributed by atoms with Gasteiger partial charge >= 0.3 is 6.09 Å². The summed E-state index contributed by atoms with van der Waals surface area (Å²) in [7, 11) is -3.09. The van der Waals surface area contributed by atoms with Crippen LogP contribution in [0, 0.1) is 5.92 Å². The highest BCUT2D eigenvalue weighted by molar-refractivity contribution is 7.88. The van der Waals surface area contributed by atoms with Crippen LogP contribution in [0.1, 0.15) is 33.6 Å². The van der Waals surface area contributed by atoms with Gasteiger partial charge in [0.05, 0.1) is 6.26 Å². The Morgan fingerprint density at radius 2 is 1.75 bits per heavy atom. The van der Waals surface area contributed by atoms with Crippen molar-refractivity contribution >= 4 is 16.1 Å². The van der Waals surface area contributed by atoms with E-state index in [2.05, 4.69) is 4.90 Å². The number of carbonyl (C=O) groups excluding carboxylic acids is 1. The number of rotatable bonds is 3. The van der Waals surface area contributed by atoms with Gasteiger partial charge in [-0.2, -0.15) is 0 Å². The normalized spacial score (nSPS) is 24.8. The maximum atomic E-state index is 12.1. The molecule has 2 fully saturated rings. The minimum Gasteiger partial charge on any atom is -0.444 e. The van der Waals surface area contributed by atoms with E-state index in [4.69, 9.17) is 4.74 Å². The van der Waals surface area contributed by atoms with Gasteiger partial charge in [0.15, 0.2) is 0 Å². The fourth-order valence-corrected chi connectivity index (χ4v) is 4.22. The monoisotopic (exact) mass is 361 g/mol. The van der Waals surface area contributed by atoms with Crippen molar-refractivity contribution in [2.75, 3.05) is 52.1 Å². The lowest BCUT2D eigenvalue weighted by Crippen LogP contribution is -2.52. The van der Waals surface area contributed by atoms with Crippen LogP contribution in [0.25, 0.3) is 0 Å². The molecule has 0 spiro atoms. The van der Waals surface area contributed by atoms with Crippen LogP contribution in [-0.2, 0) is 14.8 Å². The molecule has 140 valence electrons. The van der Waals surface area contributed by atoms with Gasteiger partial charge in [-0.15, -0.1) is 0 Å². The van der Waals surface area contributed by atoms with E-state index >= 15 is 0 Å². The Morgan fingerprint density at radius 1 is 1.12 bits per heavy atom. The minimum atomic E-state index is -3.09. The highest BCUT2D eigenvalue weighted by atomic mass is 32.2. The molecule has 0 aromatic carbocycles. The first-order valence-corrected chi connectivity index (χ1v) is 10.5. The Morgan fingerprint density at radius 3 is 2.29 bits per heavy atom. The predicted molar refractivity (Wildman–Crippen MR) is 93.4 cm³/mol. The summed E-state index contributed by atoms with van der Waals surface area (Å²) in [5.41, 5.74) is -0.467. The van der Waals surface area contributed by atoms with Crippen LogP contribution in [0.3, 0.4) is 0 Å². The molecule has 2 aliphatic heterocycles. The molecule has 0 bridgehead atoms. The van der Waals surface area contributed by atoms with E-state index in [0.717, 1.165) is 32.5 Å². The Hall–Kier alpha value is -0.860. The van der Waals surface area contributed by atoms with Crippen LogP contribution in [0.4, 0.5) is 4.79 Å². The molecule has 0 N–H and O–H groups in total. The third-order valence-corrected chi connectivity index (χ3v) is 5.76. The van der Waals surface area contributed by atoms with Crippen molar-refractivity contribution < 1.29 is 17.9 Å². The van der Waals surface area contributed by atoms with E-state index in [-0.39, 0.29) is 6.09 Å². The summed E-state index contributed by atoms with van der Waals surface area (Å²) in [5.74, 6) is 0.376. The molecule has 2 aliphatic rings. The summed E-state index contributed by atoms with van der Waals surface area (Å²) in [6, 6.07) is 0. The molecule has 1 amide bonds. The van der Waals surface area contributed by atoms with Crippen molar-refractivity contribution in [1.82, 2.24) is 14.1 Å². The highest BCUT2D eigenvalue weighted by Gasteiger charge is 2.30. The number of sulfonamides is 1. The Bertz CT molecular complexity index is 536. The molecule has 0 aromatic heterocycles. The molecule has 7 nitrogen and oxygen atoms in total. The van der Waals surface area contributed by atoms with Gasteiger partial charge in [-0.05, 0) is 39.5 Å². The SMILES string of the molecule is CC(C)(C)OC(=O)N1CCN(C[C@@H]2CCCN(S(C)(=O)=O)C2)CC1. The molecule has 0 aliphatic carbocycles. The molecule has 1 atom stereocenters. The summed E-state index contributed by atoms with van der Waals surface area (Å²) >= 11 is 0. The van der Waals surface area contributed by atoms with Crippen LogP contribution in [0.5, 0.6) is 0 Å². The Balaban J connectivity index is 1.78. The number of carbonyl (C=O) groups is 1. The molecule has 0 unspecified atom stereocenters. The maximum absolute atomic E-state index is 12.1. The van der Waals surface area contributed by atoms with Crippen LogP contribution in [-0.4, -0.2) is 86.3 Å². The van der Waals surface area contributed by atoms with Gasteiger partial charge in [-0.1, -0.05) is 0 Å². The minimum absolute atomic E-state index is 0.247. The van der Waals surface area contributed by atoms with E-state index in [1.165, 1.54) is 6.26 Å². The lowest BCUT2D eigenvalue weighted by molar-refractivity contribution is 0.0126. The van der Waals surface area contributed by atoms with Gasteiger partial charge in [0.2, 0.25) is 10.0 Å². The predicted octanol–water partition coefficient (Wildman–Crippen LogP) is 1.21. The summed E-state index contributed by atoms with van der Waals surface area (Å²) in [6.07, 6.45) is 3.03. The zero-order chi connectivity index (χ0) is 18.0. The van der Waals surface area contributed by atoms with Crippen molar-refractivity contribution in [3.05, 3.63) is 0 Å². The molecular weight excluding hydrogens is 330 g/mol. The average molecular weight is 362 g/mol. The summed E-state index contributed by atoms with van der Waals surface area (Å²) in [6.45, 7) is 10.7. The molecule has 24 heavy (non-hydrogen) atoms.